The van der Waals surface area contributed by atoms with Gasteiger partial charge in [0.1, 0.15) is 0 Å². The minimum Gasteiger partial charge on any atom is -0.183 e. The maximum Gasteiger partial charge on any atom is 0.152 e. The minimum absolute atomic E-state index is 0.887. The van der Waals surface area contributed by atoms with Gasteiger partial charge < -0.3 is 0 Å². The molecule has 0 heterocycles. The van der Waals surface area contributed by atoms with Crippen molar-refractivity contribution in [2.45, 2.75) is 0 Å². The van der Waals surface area contributed by atoms with Crippen molar-refractivity contribution in [1.82, 2.24) is 0 Å². The highest BCUT2D eigenvalue weighted by Gasteiger charge is 1.86. The Morgan fingerprint density at radius 3 is 2.82 bits per heavy atom. The average Bonchev–Trinajstić information content (AvgIpc) is 2.01. The summed E-state index contributed by atoms with van der Waals surface area (Å²) in [6.45, 7) is 0. The molecular weight excluding hydrogens is 249 g/mol. The molecule has 0 aliphatic rings. The molecule has 0 aliphatic carbocycles. The van der Waals surface area contributed by atoms with Gasteiger partial charge in [0.15, 0.2) is 6.07 Å². The van der Waals surface area contributed by atoms with Crippen LogP contribution in [0.25, 0.3) is 0 Å². The minimum atomic E-state index is 0.887. The van der Waals surface area contributed by atoms with Gasteiger partial charge in [-0.2, -0.15) is 5.26 Å². The predicted octanol–water partition coefficient (Wildman–Crippen LogP) is 2.17. The van der Waals surface area contributed by atoms with E-state index in [-0.39, 0.29) is 0 Å². The molecule has 0 spiro atoms. The zero-order valence-electron chi connectivity index (χ0n) is 5.63. The summed E-state index contributed by atoms with van der Waals surface area (Å²) in [6.07, 6.45) is 0. The average molecular weight is 253 g/mol. The van der Waals surface area contributed by atoms with Crippen LogP contribution < -0.4 is 0 Å². The first-order valence-corrected chi connectivity index (χ1v) is 4.06. The molecule has 0 fully saturated rings. The van der Waals surface area contributed by atoms with Gasteiger partial charge in [0.05, 0.1) is 0 Å². The summed E-state index contributed by atoms with van der Waals surface area (Å²) in [7, 11) is 0. The van der Waals surface area contributed by atoms with Crippen LogP contribution in [0.2, 0.25) is 0 Å². The Labute approximate surface area is 79.2 Å². The second kappa shape index (κ2) is 4.00. The van der Waals surface area contributed by atoms with Crippen molar-refractivity contribution in [3.05, 3.63) is 33.4 Å². The van der Waals surface area contributed by atoms with E-state index in [1.165, 1.54) is 0 Å². The smallest absolute Gasteiger partial charge is 0.152 e. The van der Waals surface area contributed by atoms with Crippen LogP contribution in [0.3, 0.4) is 0 Å². The maximum atomic E-state index is 8.17. The van der Waals surface area contributed by atoms with Crippen molar-refractivity contribution in [2.24, 2.45) is 0 Å². The van der Waals surface area contributed by atoms with Gasteiger partial charge in [0, 0.05) is 15.1 Å². The van der Waals surface area contributed by atoms with Crippen molar-refractivity contribution in [2.75, 3.05) is 0 Å². The zero-order chi connectivity index (χ0) is 8.10. The first kappa shape index (κ1) is 8.10. The van der Waals surface area contributed by atoms with Gasteiger partial charge in [-0.05, 0) is 40.8 Å². The van der Waals surface area contributed by atoms with E-state index in [0.29, 0.717) is 0 Å². The van der Waals surface area contributed by atoms with Gasteiger partial charge in [0.25, 0.3) is 0 Å². The van der Waals surface area contributed by atoms with Crippen LogP contribution in [-0.2, 0) is 0 Å². The molecule has 0 unspecified atom stereocenters. The van der Waals surface area contributed by atoms with Gasteiger partial charge in [0.2, 0.25) is 0 Å². The second-order valence-corrected chi connectivity index (χ2v) is 3.12. The summed E-state index contributed by atoms with van der Waals surface area (Å²) >= 11 is 2.21. The number of benzene rings is 1. The van der Waals surface area contributed by atoms with E-state index in [4.69, 9.17) is 5.26 Å². The molecule has 1 aromatic rings. The molecule has 1 aromatic carbocycles. The molecular formula is C9H4IN. The Morgan fingerprint density at radius 1 is 1.36 bits per heavy atom. The lowest BCUT2D eigenvalue weighted by Crippen LogP contribution is -1.74. The van der Waals surface area contributed by atoms with Crippen LogP contribution in [0.4, 0.5) is 0 Å². The number of hydrogen-bond donors (Lipinski definition) is 0. The van der Waals surface area contributed by atoms with Crippen LogP contribution in [0.1, 0.15) is 5.56 Å². The SMILES string of the molecule is N#CC#Cc1cccc(I)c1. The molecule has 0 bridgehead atoms. The Hall–Kier alpha value is -1.000. The quantitative estimate of drug-likeness (QED) is 0.513. The molecule has 0 aromatic heterocycles. The fourth-order valence-electron chi connectivity index (χ4n) is 0.666. The van der Waals surface area contributed by atoms with E-state index in [2.05, 4.69) is 34.4 Å². The molecule has 1 rings (SSSR count). The molecule has 0 saturated heterocycles. The van der Waals surface area contributed by atoms with E-state index < -0.39 is 0 Å². The Kier molecular flexibility index (Phi) is 2.95. The van der Waals surface area contributed by atoms with Gasteiger partial charge in [-0.1, -0.05) is 12.0 Å². The highest BCUT2D eigenvalue weighted by Crippen LogP contribution is 2.05. The summed E-state index contributed by atoms with van der Waals surface area (Å²) < 4.78 is 1.13. The van der Waals surface area contributed by atoms with Crippen molar-refractivity contribution >= 4 is 22.6 Å². The number of nitriles is 1. The van der Waals surface area contributed by atoms with Crippen molar-refractivity contribution < 1.29 is 0 Å². The second-order valence-electron chi connectivity index (χ2n) is 1.87. The number of nitrogens with zero attached hydrogens (tertiary/aromatic N) is 1. The fraction of sp³-hybridized carbons (Fsp3) is 0. The predicted molar refractivity (Wildman–Crippen MR) is 51.7 cm³/mol. The topological polar surface area (TPSA) is 23.8 Å². The molecule has 0 radical (unpaired) electrons. The number of rotatable bonds is 0. The molecule has 1 nitrogen and oxygen atoms in total. The van der Waals surface area contributed by atoms with Crippen molar-refractivity contribution in [1.29, 1.82) is 5.26 Å². The maximum absolute atomic E-state index is 8.17. The third-order valence-electron chi connectivity index (χ3n) is 1.09. The van der Waals surface area contributed by atoms with Gasteiger partial charge in [-0.25, -0.2) is 0 Å². The normalized spacial score (nSPS) is 7.64. The van der Waals surface area contributed by atoms with E-state index in [1.807, 2.05) is 24.3 Å². The molecule has 0 amide bonds. The molecule has 0 saturated carbocycles. The number of hydrogen-bond acceptors (Lipinski definition) is 1. The van der Waals surface area contributed by atoms with E-state index >= 15 is 0 Å². The van der Waals surface area contributed by atoms with Gasteiger partial charge in [-0.15, -0.1) is 0 Å². The highest BCUT2D eigenvalue weighted by atomic mass is 127. The van der Waals surface area contributed by atoms with Gasteiger partial charge >= 0.3 is 0 Å². The summed E-state index contributed by atoms with van der Waals surface area (Å²) in [5.41, 5.74) is 0.887. The van der Waals surface area contributed by atoms with Crippen LogP contribution in [0.15, 0.2) is 24.3 Å². The van der Waals surface area contributed by atoms with Crippen LogP contribution in [0.5, 0.6) is 0 Å². The fourth-order valence-corrected chi connectivity index (χ4v) is 1.21. The summed E-state index contributed by atoms with van der Waals surface area (Å²) in [5.74, 6) is 5.06. The summed E-state index contributed by atoms with van der Waals surface area (Å²) in [5, 5.41) is 8.17. The van der Waals surface area contributed by atoms with Gasteiger partial charge in [-0.3, -0.25) is 0 Å². The van der Waals surface area contributed by atoms with Crippen molar-refractivity contribution in [3.63, 3.8) is 0 Å². The lowest BCUT2D eigenvalue weighted by Gasteiger charge is -1.89. The van der Waals surface area contributed by atoms with Crippen LogP contribution in [0, 0.1) is 26.7 Å². The summed E-state index contributed by atoms with van der Waals surface area (Å²) in [6, 6.07) is 9.49. The Bertz CT molecular complexity index is 352. The first-order chi connectivity index (χ1) is 5.33. The van der Waals surface area contributed by atoms with E-state index in [1.54, 1.807) is 6.07 Å². The molecule has 11 heavy (non-hydrogen) atoms. The third kappa shape index (κ3) is 2.61. The zero-order valence-corrected chi connectivity index (χ0v) is 7.79. The Morgan fingerprint density at radius 2 is 2.18 bits per heavy atom. The summed E-state index contributed by atoms with van der Waals surface area (Å²) in [4.78, 5) is 0. The molecule has 0 aliphatic heterocycles. The van der Waals surface area contributed by atoms with Crippen LogP contribution >= 0.6 is 22.6 Å². The Balaban J connectivity index is 2.99. The monoisotopic (exact) mass is 253 g/mol. The highest BCUT2D eigenvalue weighted by molar-refractivity contribution is 14.1. The van der Waals surface area contributed by atoms with Crippen molar-refractivity contribution in [3.8, 4) is 17.9 Å². The largest absolute Gasteiger partial charge is 0.183 e. The lowest BCUT2D eigenvalue weighted by molar-refractivity contribution is 1.54. The van der Waals surface area contributed by atoms with Crippen LogP contribution in [-0.4, -0.2) is 0 Å². The molecule has 0 N–H and O–H groups in total. The third-order valence-corrected chi connectivity index (χ3v) is 1.76. The molecule has 0 atom stereocenters. The van der Waals surface area contributed by atoms with E-state index in [9.17, 15) is 0 Å². The van der Waals surface area contributed by atoms with E-state index in [0.717, 1.165) is 9.13 Å². The lowest BCUT2D eigenvalue weighted by atomic mass is 10.2. The molecule has 52 valence electrons. The number of halogens is 1. The standard InChI is InChI=1S/C9H4IN/c10-9-5-1-3-8(7-9)4-2-6-11/h1,3,5,7H. The molecule has 2 heteroatoms. The first-order valence-electron chi connectivity index (χ1n) is 2.98.